The second kappa shape index (κ2) is 4.99. The highest BCUT2D eigenvalue weighted by molar-refractivity contribution is 7.86. The Morgan fingerprint density at radius 2 is 1.19 bits per heavy atom. The van der Waals surface area contributed by atoms with E-state index in [-0.39, 0.29) is 25.0 Å². The van der Waals surface area contributed by atoms with Crippen LogP contribution in [0.1, 0.15) is 12.8 Å². The van der Waals surface area contributed by atoms with Crippen LogP contribution in [0.5, 0.6) is 0 Å². The van der Waals surface area contributed by atoms with Crippen molar-refractivity contribution in [1.82, 2.24) is 0 Å². The summed E-state index contributed by atoms with van der Waals surface area (Å²) in [5.41, 5.74) is 0. The lowest BCUT2D eigenvalue weighted by molar-refractivity contribution is 0.0677. The Morgan fingerprint density at radius 3 is 1.38 bits per heavy atom. The van der Waals surface area contributed by atoms with Crippen LogP contribution in [0.15, 0.2) is 0 Å². The molecule has 6 nitrogen and oxygen atoms in total. The highest BCUT2D eigenvalue weighted by Crippen LogP contribution is 2.35. The summed E-state index contributed by atoms with van der Waals surface area (Å²) in [6, 6.07) is 0. The predicted octanol–water partition coefficient (Wildman–Crippen LogP) is -0.0350. The molecule has 0 spiro atoms. The van der Waals surface area contributed by atoms with Gasteiger partial charge in [0.05, 0.1) is 25.7 Å². The molecule has 8 heteroatoms. The predicted molar refractivity (Wildman–Crippen MR) is 57.8 cm³/mol. The Kier molecular flexibility index (Phi) is 4.33. The molecule has 0 N–H and O–H groups in total. The van der Waals surface area contributed by atoms with Gasteiger partial charge < -0.3 is 0 Å². The minimum absolute atomic E-state index is 0.0662. The van der Waals surface area contributed by atoms with E-state index in [0.29, 0.717) is 0 Å². The van der Waals surface area contributed by atoms with Gasteiger partial charge in [-0.15, -0.1) is 0 Å². The zero-order valence-corrected chi connectivity index (χ0v) is 10.9. The second-order valence-corrected chi connectivity index (χ2v) is 7.36. The van der Waals surface area contributed by atoms with Crippen molar-refractivity contribution in [3.05, 3.63) is 0 Å². The van der Waals surface area contributed by atoms with Crippen LogP contribution < -0.4 is 0 Å². The van der Waals surface area contributed by atoms with E-state index in [0.717, 1.165) is 25.4 Å². The SMILES string of the molecule is CS(=O)(=O)OC[C@H]1CC[C@H]1COS(C)(=O)=O. The Balaban J connectivity index is 2.31. The molecule has 1 rings (SSSR count). The van der Waals surface area contributed by atoms with Gasteiger partial charge in [0.15, 0.2) is 0 Å². The zero-order valence-electron chi connectivity index (χ0n) is 9.25. The van der Waals surface area contributed by atoms with Gasteiger partial charge in [0.1, 0.15) is 0 Å². The first-order valence-electron chi connectivity index (χ1n) is 4.86. The largest absolute Gasteiger partial charge is 0.270 e. The summed E-state index contributed by atoms with van der Waals surface area (Å²) >= 11 is 0. The second-order valence-electron chi connectivity index (χ2n) is 4.07. The van der Waals surface area contributed by atoms with Gasteiger partial charge in [-0.1, -0.05) is 0 Å². The molecule has 0 aromatic heterocycles. The van der Waals surface area contributed by atoms with Gasteiger partial charge in [0, 0.05) is 0 Å². The van der Waals surface area contributed by atoms with Gasteiger partial charge in [0.25, 0.3) is 20.2 Å². The molecule has 0 aromatic rings. The molecule has 0 bridgehead atoms. The first-order chi connectivity index (χ1) is 7.17. The van der Waals surface area contributed by atoms with Gasteiger partial charge in [-0.05, 0) is 24.7 Å². The summed E-state index contributed by atoms with van der Waals surface area (Å²) in [6.07, 6.45) is 3.67. The van der Waals surface area contributed by atoms with Crippen molar-refractivity contribution in [2.24, 2.45) is 11.8 Å². The third-order valence-electron chi connectivity index (χ3n) is 2.57. The van der Waals surface area contributed by atoms with E-state index in [1.54, 1.807) is 0 Å². The lowest BCUT2D eigenvalue weighted by atomic mass is 9.75. The van der Waals surface area contributed by atoms with E-state index in [9.17, 15) is 16.8 Å². The molecule has 16 heavy (non-hydrogen) atoms. The molecule has 1 saturated carbocycles. The van der Waals surface area contributed by atoms with Crippen LogP contribution in [0.4, 0.5) is 0 Å². The summed E-state index contributed by atoms with van der Waals surface area (Å²) in [4.78, 5) is 0. The lowest BCUT2D eigenvalue weighted by Crippen LogP contribution is -2.34. The lowest BCUT2D eigenvalue weighted by Gasteiger charge is -2.35. The number of rotatable bonds is 6. The van der Waals surface area contributed by atoms with E-state index >= 15 is 0 Å². The summed E-state index contributed by atoms with van der Waals surface area (Å²) in [5.74, 6) is 0.132. The molecule has 0 amide bonds. The van der Waals surface area contributed by atoms with Crippen LogP contribution in [-0.2, 0) is 28.6 Å². The smallest absolute Gasteiger partial charge is 0.264 e. The quantitative estimate of drug-likeness (QED) is 0.631. The molecule has 2 atom stereocenters. The molecule has 1 fully saturated rings. The maximum atomic E-state index is 10.8. The Bertz CT molecular complexity index is 381. The van der Waals surface area contributed by atoms with Gasteiger partial charge in [-0.2, -0.15) is 16.8 Å². The van der Waals surface area contributed by atoms with Gasteiger partial charge in [-0.25, -0.2) is 0 Å². The van der Waals surface area contributed by atoms with Gasteiger partial charge >= 0.3 is 0 Å². The van der Waals surface area contributed by atoms with Crippen LogP contribution in [0.2, 0.25) is 0 Å². The van der Waals surface area contributed by atoms with Crippen LogP contribution in [0, 0.1) is 11.8 Å². The Hall–Kier alpha value is -0.180. The molecule has 0 aromatic carbocycles. The van der Waals surface area contributed by atoms with Crippen molar-refractivity contribution in [3.8, 4) is 0 Å². The van der Waals surface area contributed by atoms with E-state index in [4.69, 9.17) is 0 Å². The number of hydrogen-bond acceptors (Lipinski definition) is 6. The maximum Gasteiger partial charge on any atom is 0.264 e. The zero-order chi connectivity index (χ0) is 12.4. The molecule has 1 aliphatic carbocycles. The fraction of sp³-hybridized carbons (Fsp3) is 1.00. The monoisotopic (exact) mass is 272 g/mol. The van der Waals surface area contributed by atoms with Crippen molar-refractivity contribution in [2.45, 2.75) is 12.8 Å². The van der Waals surface area contributed by atoms with E-state index in [2.05, 4.69) is 8.37 Å². The fourth-order valence-electron chi connectivity index (χ4n) is 1.50. The minimum atomic E-state index is -3.42. The van der Waals surface area contributed by atoms with Crippen molar-refractivity contribution < 1.29 is 25.2 Å². The highest BCUT2D eigenvalue weighted by atomic mass is 32.2. The van der Waals surface area contributed by atoms with Crippen LogP contribution in [-0.4, -0.2) is 42.6 Å². The van der Waals surface area contributed by atoms with E-state index in [1.807, 2.05) is 0 Å². The number of hydrogen-bond donors (Lipinski definition) is 0. The normalized spacial score (nSPS) is 26.4. The third-order valence-corrected chi connectivity index (χ3v) is 3.70. The average Bonchev–Trinajstić information content (AvgIpc) is 1.97. The Morgan fingerprint density at radius 1 is 0.875 bits per heavy atom. The van der Waals surface area contributed by atoms with Gasteiger partial charge in [0.2, 0.25) is 0 Å². The topological polar surface area (TPSA) is 86.7 Å². The molecular weight excluding hydrogens is 256 g/mol. The molecule has 0 unspecified atom stereocenters. The Labute approximate surface area is 96.2 Å². The summed E-state index contributed by atoms with van der Waals surface area (Å²) in [6.45, 7) is 0.216. The molecule has 0 heterocycles. The maximum absolute atomic E-state index is 10.8. The first-order valence-corrected chi connectivity index (χ1v) is 8.49. The van der Waals surface area contributed by atoms with E-state index < -0.39 is 20.2 Å². The van der Waals surface area contributed by atoms with Gasteiger partial charge in [-0.3, -0.25) is 8.37 Å². The van der Waals surface area contributed by atoms with Crippen LogP contribution >= 0.6 is 0 Å². The summed E-state index contributed by atoms with van der Waals surface area (Å²) in [5, 5.41) is 0. The molecule has 1 aliphatic rings. The summed E-state index contributed by atoms with van der Waals surface area (Å²) in [7, 11) is -6.84. The van der Waals surface area contributed by atoms with Crippen molar-refractivity contribution >= 4 is 20.2 Å². The molecule has 0 saturated heterocycles. The highest BCUT2D eigenvalue weighted by Gasteiger charge is 2.32. The summed E-state index contributed by atoms with van der Waals surface area (Å²) < 4.78 is 52.3. The van der Waals surface area contributed by atoms with E-state index in [1.165, 1.54) is 0 Å². The minimum Gasteiger partial charge on any atom is -0.270 e. The molecule has 0 radical (unpaired) electrons. The van der Waals surface area contributed by atoms with Crippen molar-refractivity contribution in [2.75, 3.05) is 25.7 Å². The molecule has 0 aliphatic heterocycles. The molecule has 96 valence electrons. The molecular formula is C8H16O6S2. The standard InChI is InChI=1S/C8H16O6S2/c1-15(9,10)13-5-7-3-4-8(7)6-14-16(2,11)12/h7-8H,3-6H2,1-2H3/t7-,8+. The first kappa shape index (κ1) is 13.9. The fourth-order valence-corrected chi connectivity index (χ4v) is 2.34. The van der Waals surface area contributed by atoms with Crippen molar-refractivity contribution in [1.29, 1.82) is 0 Å². The van der Waals surface area contributed by atoms with Crippen molar-refractivity contribution in [3.63, 3.8) is 0 Å². The van der Waals surface area contributed by atoms with Crippen LogP contribution in [0.25, 0.3) is 0 Å². The van der Waals surface area contributed by atoms with Crippen LogP contribution in [0.3, 0.4) is 0 Å². The third kappa shape index (κ3) is 5.24. The average molecular weight is 272 g/mol.